The molecule has 1 aromatic rings. The number of hydrogen-bond donors (Lipinski definition) is 3. The van der Waals surface area contributed by atoms with E-state index >= 15 is 0 Å². The third kappa shape index (κ3) is 1.84. The fourth-order valence-electron chi connectivity index (χ4n) is 1.18. The second-order valence-electron chi connectivity index (χ2n) is 2.98. The molecule has 0 saturated carbocycles. The molecular weight excluding hydrogens is 257 g/mol. The number of halogens is 2. The van der Waals surface area contributed by atoms with Gasteiger partial charge in [0.2, 0.25) is 0 Å². The minimum Gasteiger partial charge on any atom is -0.478 e. The van der Waals surface area contributed by atoms with Gasteiger partial charge in [0.25, 0.3) is 11.5 Å². The van der Waals surface area contributed by atoms with Gasteiger partial charge in [-0.05, 0) is 12.1 Å². The van der Waals surface area contributed by atoms with Crippen LogP contribution in [-0.2, 0) is 15.2 Å². The molecule has 86 valence electrons. The van der Waals surface area contributed by atoms with E-state index in [-0.39, 0.29) is 10.0 Å². The van der Waals surface area contributed by atoms with Crippen LogP contribution in [0, 0.1) is 0 Å². The number of carboxylic acids is 1. The lowest BCUT2D eigenvalue weighted by Crippen LogP contribution is -2.48. The lowest BCUT2D eigenvalue weighted by molar-refractivity contribution is -0.166. The van der Waals surface area contributed by atoms with Gasteiger partial charge in [-0.15, -0.1) is 0 Å². The number of aliphatic carboxylic acids is 1. The van der Waals surface area contributed by atoms with Gasteiger partial charge in [-0.1, -0.05) is 29.3 Å². The molecular formula is C9H7Cl2NO4. The van der Waals surface area contributed by atoms with Crippen molar-refractivity contribution in [1.29, 1.82) is 0 Å². The van der Waals surface area contributed by atoms with E-state index in [0.717, 1.165) is 0 Å². The van der Waals surface area contributed by atoms with Gasteiger partial charge < -0.3 is 15.9 Å². The summed E-state index contributed by atoms with van der Waals surface area (Å²) in [6.07, 6.45) is 0. The Labute approximate surface area is 100 Å². The molecule has 0 heterocycles. The van der Waals surface area contributed by atoms with E-state index in [9.17, 15) is 14.7 Å². The number of benzene rings is 1. The molecule has 1 rings (SSSR count). The molecule has 0 aromatic heterocycles. The number of carbonyl (C=O) groups excluding carboxylic acids is 1. The largest absolute Gasteiger partial charge is 0.478 e. The number of hydrogen-bond acceptors (Lipinski definition) is 3. The third-order valence-electron chi connectivity index (χ3n) is 1.99. The van der Waals surface area contributed by atoms with Crippen molar-refractivity contribution in [3.63, 3.8) is 0 Å². The molecule has 1 unspecified atom stereocenters. The van der Waals surface area contributed by atoms with E-state index in [4.69, 9.17) is 34.0 Å². The van der Waals surface area contributed by atoms with Crippen molar-refractivity contribution in [3.8, 4) is 0 Å². The summed E-state index contributed by atoms with van der Waals surface area (Å²) < 4.78 is 0. The average molecular weight is 264 g/mol. The SMILES string of the molecule is NC(=O)C(O)(C(=O)O)c1c(Cl)cccc1Cl. The first-order chi connectivity index (χ1) is 7.31. The minimum atomic E-state index is -2.94. The molecule has 0 aliphatic rings. The Morgan fingerprint density at radius 3 is 2.00 bits per heavy atom. The molecule has 0 bridgehead atoms. The van der Waals surface area contributed by atoms with E-state index < -0.39 is 23.0 Å². The summed E-state index contributed by atoms with van der Waals surface area (Å²) in [7, 11) is 0. The second-order valence-corrected chi connectivity index (χ2v) is 3.79. The molecule has 16 heavy (non-hydrogen) atoms. The predicted octanol–water partition coefficient (Wildman–Crippen LogP) is 0.751. The molecule has 7 heteroatoms. The highest BCUT2D eigenvalue weighted by Gasteiger charge is 2.47. The molecule has 0 saturated heterocycles. The first-order valence-electron chi connectivity index (χ1n) is 4.02. The zero-order chi connectivity index (χ0) is 12.5. The third-order valence-corrected chi connectivity index (χ3v) is 2.62. The summed E-state index contributed by atoms with van der Waals surface area (Å²) in [5.74, 6) is -3.30. The first-order valence-corrected chi connectivity index (χ1v) is 4.77. The smallest absolute Gasteiger partial charge is 0.350 e. The fourth-order valence-corrected chi connectivity index (χ4v) is 1.85. The van der Waals surface area contributed by atoms with Crippen molar-refractivity contribution in [1.82, 2.24) is 0 Å². The van der Waals surface area contributed by atoms with E-state index in [1.54, 1.807) is 0 Å². The lowest BCUT2D eigenvalue weighted by atomic mass is 9.93. The van der Waals surface area contributed by atoms with Gasteiger partial charge in [-0.25, -0.2) is 4.79 Å². The molecule has 0 aliphatic heterocycles. The van der Waals surface area contributed by atoms with Crippen LogP contribution in [0.5, 0.6) is 0 Å². The number of amides is 1. The van der Waals surface area contributed by atoms with Crippen LogP contribution < -0.4 is 5.73 Å². The maximum Gasteiger partial charge on any atom is 0.350 e. The quantitative estimate of drug-likeness (QED) is 0.701. The summed E-state index contributed by atoms with van der Waals surface area (Å²) in [6, 6.07) is 4.02. The Morgan fingerprint density at radius 1 is 1.25 bits per heavy atom. The molecule has 4 N–H and O–H groups in total. The van der Waals surface area contributed by atoms with Gasteiger partial charge in [0, 0.05) is 15.6 Å². The second kappa shape index (κ2) is 4.29. The number of rotatable bonds is 3. The number of primary amides is 1. The summed E-state index contributed by atoms with van der Waals surface area (Å²) in [6.45, 7) is 0. The Bertz CT molecular complexity index is 427. The highest BCUT2D eigenvalue weighted by molar-refractivity contribution is 6.37. The Kier molecular flexibility index (Phi) is 3.42. The Morgan fingerprint density at radius 2 is 1.69 bits per heavy atom. The average Bonchev–Trinajstić information content (AvgIpc) is 2.16. The van der Waals surface area contributed by atoms with Gasteiger partial charge in [-0.2, -0.15) is 0 Å². The zero-order valence-electron chi connectivity index (χ0n) is 7.78. The maximum absolute atomic E-state index is 11.0. The summed E-state index contributed by atoms with van der Waals surface area (Å²) >= 11 is 11.4. The van der Waals surface area contributed by atoms with Crippen molar-refractivity contribution >= 4 is 35.1 Å². The lowest BCUT2D eigenvalue weighted by Gasteiger charge is -2.22. The van der Waals surface area contributed by atoms with Gasteiger partial charge in [0.05, 0.1) is 0 Å². The standard InChI is InChI=1S/C9H7Cl2NO4/c10-4-2-1-3-5(11)6(4)9(16,7(12)13)8(14)15/h1-3,16H,(H2,12,13)(H,14,15). The normalized spacial score (nSPS) is 14.2. The molecule has 1 amide bonds. The first kappa shape index (κ1) is 12.8. The Balaban J connectivity index is 3.56. The van der Waals surface area contributed by atoms with Crippen LogP contribution in [0.15, 0.2) is 18.2 Å². The summed E-state index contributed by atoms with van der Waals surface area (Å²) in [4.78, 5) is 21.9. The van der Waals surface area contributed by atoms with Crippen molar-refractivity contribution < 1.29 is 19.8 Å². The van der Waals surface area contributed by atoms with Crippen LogP contribution in [0.2, 0.25) is 10.0 Å². The molecule has 0 fully saturated rings. The summed E-state index contributed by atoms with van der Waals surface area (Å²) in [5, 5.41) is 18.3. The van der Waals surface area contributed by atoms with Gasteiger partial charge in [0.1, 0.15) is 0 Å². The monoisotopic (exact) mass is 263 g/mol. The topological polar surface area (TPSA) is 101 Å². The number of carbonyl (C=O) groups is 2. The van der Waals surface area contributed by atoms with E-state index in [2.05, 4.69) is 0 Å². The maximum atomic E-state index is 11.0. The molecule has 0 radical (unpaired) electrons. The van der Waals surface area contributed by atoms with Crippen LogP contribution >= 0.6 is 23.2 Å². The minimum absolute atomic E-state index is 0.156. The van der Waals surface area contributed by atoms with Crippen molar-refractivity contribution in [2.24, 2.45) is 5.73 Å². The summed E-state index contributed by atoms with van der Waals surface area (Å²) in [5.41, 5.74) is 1.49. The van der Waals surface area contributed by atoms with Crippen LogP contribution in [0.3, 0.4) is 0 Å². The van der Waals surface area contributed by atoms with Crippen molar-refractivity contribution in [2.75, 3.05) is 0 Å². The fraction of sp³-hybridized carbons (Fsp3) is 0.111. The predicted molar refractivity (Wildman–Crippen MR) is 57.2 cm³/mol. The van der Waals surface area contributed by atoms with Crippen LogP contribution in [-0.4, -0.2) is 22.1 Å². The van der Waals surface area contributed by atoms with E-state index in [1.807, 2.05) is 0 Å². The van der Waals surface area contributed by atoms with Crippen molar-refractivity contribution in [2.45, 2.75) is 5.60 Å². The van der Waals surface area contributed by atoms with Crippen LogP contribution in [0.25, 0.3) is 0 Å². The van der Waals surface area contributed by atoms with Gasteiger partial charge in [-0.3, -0.25) is 4.79 Å². The molecule has 0 aliphatic carbocycles. The van der Waals surface area contributed by atoms with Crippen molar-refractivity contribution in [3.05, 3.63) is 33.8 Å². The molecule has 0 spiro atoms. The molecule has 1 aromatic carbocycles. The zero-order valence-corrected chi connectivity index (χ0v) is 9.29. The van der Waals surface area contributed by atoms with Crippen LogP contribution in [0.1, 0.15) is 5.56 Å². The highest BCUT2D eigenvalue weighted by Crippen LogP contribution is 2.34. The molecule has 5 nitrogen and oxygen atoms in total. The number of carboxylic acid groups (broad SMARTS) is 1. The van der Waals surface area contributed by atoms with Crippen LogP contribution in [0.4, 0.5) is 0 Å². The van der Waals surface area contributed by atoms with E-state index in [1.165, 1.54) is 18.2 Å². The Hall–Kier alpha value is -1.30. The van der Waals surface area contributed by atoms with Gasteiger partial charge >= 0.3 is 5.97 Å². The van der Waals surface area contributed by atoms with E-state index in [0.29, 0.717) is 0 Å². The number of aliphatic hydroxyl groups is 1. The molecule has 1 atom stereocenters. The highest BCUT2D eigenvalue weighted by atomic mass is 35.5. The number of nitrogens with two attached hydrogens (primary N) is 1. The van der Waals surface area contributed by atoms with Gasteiger partial charge in [0.15, 0.2) is 0 Å².